The Labute approximate surface area is 183 Å². The van der Waals surface area contributed by atoms with E-state index in [1.807, 2.05) is 47.4 Å². The summed E-state index contributed by atoms with van der Waals surface area (Å²) in [5.74, 6) is 0.403. The van der Waals surface area contributed by atoms with Crippen LogP contribution in [0.25, 0.3) is 27.3 Å². The summed E-state index contributed by atoms with van der Waals surface area (Å²) in [6, 6.07) is 13.5. The summed E-state index contributed by atoms with van der Waals surface area (Å²) in [6.07, 6.45) is 6.87. The van der Waals surface area contributed by atoms with Crippen molar-refractivity contribution in [1.29, 1.82) is 0 Å². The molecule has 4 aromatic rings. The van der Waals surface area contributed by atoms with Crippen LogP contribution in [0.2, 0.25) is 5.02 Å². The smallest absolute Gasteiger partial charge is 0.246 e. The van der Waals surface area contributed by atoms with Crippen LogP contribution in [0.4, 0.5) is 0 Å². The fraction of sp³-hybridized carbons (Fsp3) is 0.217. The van der Waals surface area contributed by atoms with Gasteiger partial charge in [0.25, 0.3) is 0 Å². The van der Waals surface area contributed by atoms with Crippen LogP contribution < -0.4 is 0 Å². The van der Waals surface area contributed by atoms with Gasteiger partial charge in [-0.15, -0.1) is 11.3 Å². The Bertz CT molecular complexity index is 1260. The molecule has 0 aliphatic carbocycles. The molecule has 0 saturated carbocycles. The Morgan fingerprint density at radius 3 is 2.70 bits per heavy atom. The number of para-hydroxylation sites is 2. The maximum Gasteiger partial charge on any atom is 0.246 e. The van der Waals surface area contributed by atoms with Gasteiger partial charge >= 0.3 is 0 Å². The van der Waals surface area contributed by atoms with E-state index in [1.54, 1.807) is 29.7 Å². The van der Waals surface area contributed by atoms with Crippen molar-refractivity contribution in [1.82, 2.24) is 19.9 Å². The van der Waals surface area contributed by atoms with Crippen molar-refractivity contribution in [3.05, 3.63) is 70.5 Å². The van der Waals surface area contributed by atoms with Crippen molar-refractivity contribution in [2.45, 2.75) is 18.8 Å². The lowest BCUT2D eigenvalue weighted by Crippen LogP contribution is -2.36. The molecule has 1 aliphatic rings. The first kappa shape index (κ1) is 19.2. The summed E-state index contributed by atoms with van der Waals surface area (Å²) in [4.78, 5) is 28.2. The number of likely N-dealkylation sites (tertiary alicyclic amines) is 1. The number of rotatable bonds is 3. The molecule has 150 valence electrons. The molecule has 1 fully saturated rings. The third-order valence-corrected chi connectivity index (χ3v) is 6.82. The molecule has 2 aromatic heterocycles. The van der Waals surface area contributed by atoms with E-state index < -0.39 is 0 Å². The Balaban J connectivity index is 1.23. The van der Waals surface area contributed by atoms with Gasteiger partial charge in [0.2, 0.25) is 5.91 Å². The van der Waals surface area contributed by atoms with Crippen molar-refractivity contribution < 1.29 is 4.79 Å². The first-order valence-corrected chi connectivity index (χ1v) is 11.1. The van der Waals surface area contributed by atoms with Crippen LogP contribution >= 0.6 is 22.9 Å². The lowest BCUT2D eigenvalue weighted by Gasteiger charge is -2.30. The van der Waals surface area contributed by atoms with Crippen LogP contribution in [0.5, 0.6) is 0 Å². The second-order valence-corrected chi connectivity index (χ2v) is 8.88. The van der Waals surface area contributed by atoms with Crippen molar-refractivity contribution in [2.75, 3.05) is 13.1 Å². The quantitative estimate of drug-likeness (QED) is 0.410. The molecular weight excluding hydrogens is 416 g/mol. The van der Waals surface area contributed by atoms with E-state index in [0.29, 0.717) is 16.6 Å². The molecule has 0 bridgehead atoms. The van der Waals surface area contributed by atoms with Crippen molar-refractivity contribution >= 4 is 56.2 Å². The highest BCUT2D eigenvalue weighted by atomic mass is 35.5. The number of amides is 1. The highest BCUT2D eigenvalue weighted by molar-refractivity contribution is 7.18. The van der Waals surface area contributed by atoms with Gasteiger partial charge in [0.05, 0.1) is 38.1 Å². The number of piperidine rings is 1. The van der Waals surface area contributed by atoms with Crippen LogP contribution in [-0.2, 0) is 4.79 Å². The Morgan fingerprint density at radius 1 is 1.07 bits per heavy atom. The van der Waals surface area contributed by atoms with Gasteiger partial charge in [-0.1, -0.05) is 23.7 Å². The Hall–Kier alpha value is -2.83. The maximum absolute atomic E-state index is 12.6. The van der Waals surface area contributed by atoms with Crippen molar-refractivity contribution in [2.24, 2.45) is 0 Å². The lowest BCUT2D eigenvalue weighted by atomic mass is 9.97. The Morgan fingerprint density at radius 2 is 1.87 bits per heavy atom. The van der Waals surface area contributed by atoms with E-state index in [-0.39, 0.29) is 5.91 Å². The average molecular weight is 435 g/mol. The van der Waals surface area contributed by atoms with Gasteiger partial charge in [-0.25, -0.2) is 9.97 Å². The molecule has 1 aliphatic heterocycles. The minimum Gasteiger partial charge on any atom is -0.339 e. The van der Waals surface area contributed by atoms with Gasteiger partial charge < -0.3 is 4.90 Å². The summed E-state index contributed by atoms with van der Waals surface area (Å²) in [6.45, 7) is 1.46. The maximum atomic E-state index is 12.6. The van der Waals surface area contributed by atoms with Gasteiger partial charge in [-0.3, -0.25) is 9.78 Å². The van der Waals surface area contributed by atoms with Crippen LogP contribution in [0.3, 0.4) is 0 Å². The zero-order chi connectivity index (χ0) is 20.5. The molecule has 5 rings (SSSR count). The molecule has 1 amide bonds. The zero-order valence-corrected chi connectivity index (χ0v) is 17.7. The van der Waals surface area contributed by atoms with E-state index in [1.165, 1.54) is 0 Å². The van der Waals surface area contributed by atoms with Crippen LogP contribution in [0.1, 0.15) is 29.5 Å². The summed E-state index contributed by atoms with van der Waals surface area (Å²) in [5, 5.41) is 1.85. The fourth-order valence-electron chi connectivity index (χ4n) is 3.75. The number of hydrogen-bond acceptors (Lipinski definition) is 5. The van der Waals surface area contributed by atoms with Crippen LogP contribution in [0, 0.1) is 0 Å². The number of carbonyl (C=O) groups is 1. The normalized spacial score (nSPS) is 15.4. The lowest BCUT2D eigenvalue weighted by molar-refractivity contribution is -0.126. The first-order valence-electron chi connectivity index (χ1n) is 9.90. The average Bonchev–Trinajstić information content (AvgIpc) is 3.20. The third kappa shape index (κ3) is 3.93. The molecule has 0 N–H and O–H groups in total. The number of hydrogen-bond donors (Lipinski definition) is 0. The highest BCUT2D eigenvalue weighted by Gasteiger charge is 2.25. The van der Waals surface area contributed by atoms with E-state index in [0.717, 1.165) is 52.2 Å². The molecule has 0 spiro atoms. The van der Waals surface area contributed by atoms with Crippen LogP contribution in [-0.4, -0.2) is 38.8 Å². The minimum absolute atomic E-state index is 0.0134. The van der Waals surface area contributed by atoms with Gasteiger partial charge in [0.1, 0.15) is 0 Å². The molecule has 30 heavy (non-hydrogen) atoms. The van der Waals surface area contributed by atoms with E-state index in [4.69, 9.17) is 16.6 Å². The van der Waals surface area contributed by atoms with Gasteiger partial charge in [-0.05, 0) is 49.2 Å². The van der Waals surface area contributed by atoms with Gasteiger partial charge in [-0.2, -0.15) is 0 Å². The third-order valence-electron chi connectivity index (χ3n) is 5.39. The van der Waals surface area contributed by atoms with Crippen LogP contribution in [0.15, 0.2) is 54.7 Å². The number of thiazole rings is 1. The molecule has 2 aromatic carbocycles. The van der Waals surface area contributed by atoms with Crippen molar-refractivity contribution in [3.63, 3.8) is 0 Å². The van der Waals surface area contributed by atoms with E-state index in [9.17, 15) is 4.79 Å². The fourth-order valence-corrected chi connectivity index (χ4v) is 5.04. The minimum atomic E-state index is 0.0134. The SMILES string of the molecule is O=C(/C=C/c1cnc2ccccc2n1)N1CCC(c2nc3cc(Cl)ccc3s2)CC1. The monoisotopic (exact) mass is 434 g/mol. The standard InChI is InChI=1S/C23H19ClN4OS/c24-16-5-7-21-20(13-16)27-23(30-21)15-9-11-28(12-10-15)22(29)8-6-17-14-25-18-3-1-2-4-19(18)26-17/h1-8,13-15H,9-12H2/b8-6+. The topological polar surface area (TPSA) is 59.0 Å². The second-order valence-electron chi connectivity index (χ2n) is 7.38. The summed E-state index contributed by atoms with van der Waals surface area (Å²) in [7, 11) is 0. The molecule has 0 atom stereocenters. The Kier molecular flexibility index (Phi) is 5.19. The number of carbonyl (C=O) groups excluding carboxylic acids is 1. The molecule has 5 nitrogen and oxygen atoms in total. The van der Waals surface area contributed by atoms with Gasteiger partial charge in [0.15, 0.2) is 0 Å². The number of fused-ring (bicyclic) bond motifs is 2. The summed E-state index contributed by atoms with van der Waals surface area (Å²) < 4.78 is 1.16. The number of halogens is 1. The second kappa shape index (κ2) is 8.13. The highest BCUT2D eigenvalue weighted by Crippen LogP contribution is 2.34. The molecule has 1 saturated heterocycles. The van der Waals surface area contributed by atoms with Gasteiger partial charge in [0, 0.05) is 30.1 Å². The van der Waals surface area contributed by atoms with Crippen molar-refractivity contribution in [3.8, 4) is 0 Å². The molecule has 3 heterocycles. The number of nitrogens with zero attached hydrogens (tertiary/aromatic N) is 4. The predicted molar refractivity (Wildman–Crippen MR) is 122 cm³/mol. The number of benzene rings is 2. The summed E-state index contributed by atoms with van der Waals surface area (Å²) in [5.41, 5.74) is 3.32. The molecule has 0 unspecified atom stereocenters. The zero-order valence-electron chi connectivity index (χ0n) is 16.2. The molecular formula is C23H19ClN4OS. The van der Waals surface area contributed by atoms with E-state index in [2.05, 4.69) is 9.97 Å². The van der Waals surface area contributed by atoms with E-state index >= 15 is 0 Å². The molecule has 0 radical (unpaired) electrons. The number of aromatic nitrogens is 3. The molecule has 7 heteroatoms. The largest absolute Gasteiger partial charge is 0.339 e. The summed E-state index contributed by atoms with van der Waals surface area (Å²) >= 11 is 7.80. The predicted octanol–water partition coefficient (Wildman–Crippen LogP) is 5.31. The first-order chi connectivity index (χ1) is 14.7.